The summed E-state index contributed by atoms with van der Waals surface area (Å²) in [4.78, 5) is 6.72. The van der Waals surface area contributed by atoms with Crippen LogP contribution in [0.5, 0.6) is 0 Å². The smallest absolute Gasteiger partial charge is 0.0594 e. The number of rotatable bonds is 4. The Morgan fingerprint density at radius 1 is 1.15 bits per heavy atom. The Hall–Kier alpha value is -1.87. The minimum atomic E-state index is 0.274. The summed E-state index contributed by atoms with van der Waals surface area (Å²) in [6, 6.07) is 11.0. The van der Waals surface area contributed by atoms with E-state index in [1.54, 1.807) is 0 Å². The van der Waals surface area contributed by atoms with Gasteiger partial charge in [-0.1, -0.05) is 17.7 Å². The summed E-state index contributed by atoms with van der Waals surface area (Å²) in [5, 5.41) is 3.20. The highest BCUT2D eigenvalue weighted by Crippen LogP contribution is 2.27. The summed E-state index contributed by atoms with van der Waals surface area (Å²) in [5.74, 6) is 0. The Morgan fingerprint density at radius 3 is 2.45 bits per heavy atom. The van der Waals surface area contributed by atoms with Crippen LogP contribution in [0.2, 0.25) is 0 Å². The lowest BCUT2D eigenvalue weighted by Crippen LogP contribution is -2.15. The lowest BCUT2D eigenvalue weighted by atomic mass is 10.1. The van der Waals surface area contributed by atoms with Gasteiger partial charge in [0.2, 0.25) is 0 Å². The first-order valence-electron chi connectivity index (χ1n) is 6.97. The van der Waals surface area contributed by atoms with Crippen LogP contribution in [0.1, 0.15) is 29.8 Å². The molecule has 0 spiro atoms. The zero-order valence-electron chi connectivity index (χ0n) is 12.9. The molecule has 3 nitrogen and oxygen atoms in total. The van der Waals surface area contributed by atoms with Crippen molar-refractivity contribution in [2.45, 2.75) is 26.8 Å². The van der Waals surface area contributed by atoms with Gasteiger partial charge in [-0.15, -0.1) is 0 Å². The SMILES string of the molecule is CNC(C)c1ccc(N(C)c2ccc(C)cc2C)cn1. The van der Waals surface area contributed by atoms with Crippen molar-refractivity contribution in [2.24, 2.45) is 0 Å². The third-order valence-electron chi connectivity index (χ3n) is 3.75. The topological polar surface area (TPSA) is 28.2 Å². The summed E-state index contributed by atoms with van der Waals surface area (Å²) in [7, 11) is 4.03. The second kappa shape index (κ2) is 6.06. The molecule has 1 aromatic heterocycles. The van der Waals surface area contributed by atoms with E-state index in [1.165, 1.54) is 16.8 Å². The molecule has 3 heteroatoms. The second-order valence-electron chi connectivity index (χ2n) is 5.30. The highest BCUT2D eigenvalue weighted by molar-refractivity contribution is 5.65. The fourth-order valence-electron chi connectivity index (χ4n) is 2.32. The van der Waals surface area contributed by atoms with Crippen molar-refractivity contribution in [1.82, 2.24) is 10.3 Å². The fraction of sp³-hybridized carbons (Fsp3) is 0.353. The number of hydrogen-bond acceptors (Lipinski definition) is 3. The van der Waals surface area contributed by atoms with Crippen LogP contribution < -0.4 is 10.2 Å². The molecular formula is C17H23N3. The number of nitrogens with zero attached hydrogens (tertiary/aromatic N) is 2. The van der Waals surface area contributed by atoms with Crippen molar-refractivity contribution < 1.29 is 0 Å². The third kappa shape index (κ3) is 2.99. The normalized spacial score (nSPS) is 12.2. The second-order valence-corrected chi connectivity index (χ2v) is 5.30. The number of aryl methyl sites for hydroxylation is 2. The zero-order valence-corrected chi connectivity index (χ0v) is 12.9. The number of aromatic nitrogens is 1. The first-order chi connectivity index (χ1) is 9.52. The minimum Gasteiger partial charge on any atom is -0.343 e. The largest absolute Gasteiger partial charge is 0.343 e. The molecular weight excluding hydrogens is 246 g/mol. The molecule has 0 bridgehead atoms. The van der Waals surface area contributed by atoms with Gasteiger partial charge in [0, 0.05) is 18.8 Å². The van der Waals surface area contributed by atoms with Crippen LogP contribution in [0.3, 0.4) is 0 Å². The zero-order chi connectivity index (χ0) is 14.7. The molecule has 1 N–H and O–H groups in total. The maximum Gasteiger partial charge on any atom is 0.0594 e. The van der Waals surface area contributed by atoms with Gasteiger partial charge in [0.1, 0.15) is 0 Å². The van der Waals surface area contributed by atoms with Gasteiger partial charge in [-0.3, -0.25) is 4.98 Å². The molecule has 20 heavy (non-hydrogen) atoms. The predicted octanol–water partition coefficient (Wildman–Crippen LogP) is 3.75. The standard InChI is InChI=1S/C17H23N3/c1-12-6-9-17(13(2)10-12)20(5)15-7-8-16(19-11-15)14(3)18-4/h6-11,14,18H,1-5H3. The number of anilines is 2. The molecule has 0 aliphatic rings. The Kier molecular flexibility index (Phi) is 4.40. The average Bonchev–Trinajstić information content (AvgIpc) is 2.46. The first-order valence-corrected chi connectivity index (χ1v) is 6.97. The summed E-state index contributed by atoms with van der Waals surface area (Å²) in [6.45, 7) is 6.37. The van der Waals surface area contributed by atoms with Gasteiger partial charge in [0.15, 0.2) is 0 Å². The summed E-state index contributed by atoms with van der Waals surface area (Å²) in [5.41, 5.74) is 5.94. The first kappa shape index (κ1) is 14.5. The van der Waals surface area contributed by atoms with Gasteiger partial charge in [-0.05, 0) is 51.6 Å². The molecule has 0 radical (unpaired) electrons. The highest BCUT2D eigenvalue weighted by atomic mass is 15.1. The van der Waals surface area contributed by atoms with Crippen LogP contribution in [-0.4, -0.2) is 19.1 Å². The molecule has 1 aromatic carbocycles. The van der Waals surface area contributed by atoms with Gasteiger partial charge in [-0.25, -0.2) is 0 Å². The van der Waals surface area contributed by atoms with E-state index in [9.17, 15) is 0 Å². The molecule has 2 aromatic rings. The molecule has 0 fully saturated rings. The van der Waals surface area contributed by atoms with Crippen molar-refractivity contribution in [3.63, 3.8) is 0 Å². The Balaban J connectivity index is 2.26. The maximum atomic E-state index is 4.54. The van der Waals surface area contributed by atoms with E-state index in [2.05, 4.69) is 73.4 Å². The molecule has 2 rings (SSSR count). The summed E-state index contributed by atoms with van der Waals surface area (Å²) in [6.07, 6.45) is 1.93. The molecule has 0 saturated heterocycles. The van der Waals surface area contributed by atoms with Crippen molar-refractivity contribution in [2.75, 3.05) is 19.0 Å². The van der Waals surface area contributed by atoms with E-state index in [1.807, 2.05) is 13.2 Å². The van der Waals surface area contributed by atoms with Gasteiger partial charge in [-0.2, -0.15) is 0 Å². The highest BCUT2D eigenvalue weighted by Gasteiger charge is 2.09. The molecule has 0 aliphatic carbocycles. The van der Waals surface area contributed by atoms with Crippen molar-refractivity contribution >= 4 is 11.4 Å². The predicted molar refractivity (Wildman–Crippen MR) is 85.7 cm³/mol. The lowest BCUT2D eigenvalue weighted by molar-refractivity contribution is 0.633. The van der Waals surface area contributed by atoms with Gasteiger partial charge >= 0.3 is 0 Å². The summed E-state index contributed by atoms with van der Waals surface area (Å²) >= 11 is 0. The molecule has 0 aliphatic heterocycles. The van der Waals surface area contributed by atoms with Crippen LogP contribution in [0, 0.1) is 13.8 Å². The van der Waals surface area contributed by atoms with Gasteiger partial charge < -0.3 is 10.2 Å². The fourth-order valence-corrected chi connectivity index (χ4v) is 2.32. The van der Waals surface area contributed by atoms with Gasteiger partial charge in [0.25, 0.3) is 0 Å². The number of nitrogens with one attached hydrogen (secondary N) is 1. The molecule has 106 valence electrons. The maximum absolute atomic E-state index is 4.54. The quantitative estimate of drug-likeness (QED) is 0.916. The van der Waals surface area contributed by atoms with E-state index in [0.717, 1.165) is 11.4 Å². The van der Waals surface area contributed by atoms with Crippen molar-refractivity contribution in [3.8, 4) is 0 Å². The molecule has 1 atom stereocenters. The lowest BCUT2D eigenvalue weighted by Gasteiger charge is -2.22. The van der Waals surface area contributed by atoms with Crippen LogP contribution in [0.25, 0.3) is 0 Å². The Morgan fingerprint density at radius 2 is 1.90 bits per heavy atom. The number of benzene rings is 1. The molecule has 1 heterocycles. The Bertz CT molecular complexity index is 575. The van der Waals surface area contributed by atoms with Gasteiger partial charge in [0.05, 0.1) is 17.6 Å². The van der Waals surface area contributed by atoms with E-state index < -0.39 is 0 Å². The number of pyridine rings is 1. The summed E-state index contributed by atoms with van der Waals surface area (Å²) < 4.78 is 0. The van der Waals surface area contributed by atoms with Crippen LogP contribution >= 0.6 is 0 Å². The monoisotopic (exact) mass is 269 g/mol. The number of hydrogen-bond donors (Lipinski definition) is 1. The van der Waals surface area contributed by atoms with Crippen LogP contribution in [-0.2, 0) is 0 Å². The molecule has 1 unspecified atom stereocenters. The van der Waals surface area contributed by atoms with Crippen molar-refractivity contribution in [1.29, 1.82) is 0 Å². The van der Waals surface area contributed by atoms with E-state index in [0.29, 0.717) is 0 Å². The van der Waals surface area contributed by atoms with E-state index in [-0.39, 0.29) is 6.04 Å². The van der Waals surface area contributed by atoms with Crippen LogP contribution in [0.4, 0.5) is 11.4 Å². The van der Waals surface area contributed by atoms with E-state index in [4.69, 9.17) is 0 Å². The van der Waals surface area contributed by atoms with Crippen molar-refractivity contribution in [3.05, 3.63) is 53.3 Å². The molecule has 0 amide bonds. The Labute approximate surface area is 121 Å². The van der Waals surface area contributed by atoms with Crippen LogP contribution in [0.15, 0.2) is 36.5 Å². The molecule has 0 saturated carbocycles. The van der Waals surface area contributed by atoms with E-state index >= 15 is 0 Å². The minimum absolute atomic E-state index is 0.274. The average molecular weight is 269 g/mol. The third-order valence-corrected chi connectivity index (χ3v) is 3.75.